The molecule has 1 fully saturated rings. The summed E-state index contributed by atoms with van der Waals surface area (Å²) in [4.78, 5) is 51.2. The van der Waals surface area contributed by atoms with E-state index in [1.165, 1.54) is 12.0 Å². The van der Waals surface area contributed by atoms with E-state index in [9.17, 15) is 19.2 Å². The summed E-state index contributed by atoms with van der Waals surface area (Å²) in [5.74, 6) is -1.93. The molecule has 24 heavy (non-hydrogen) atoms. The highest BCUT2D eigenvalue weighted by molar-refractivity contribution is 6.22. The van der Waals surface area contributed by atoms with Crippen LogP contribution >= 0.6 is 0 Å². The van der Waals surface area contributed by atoms with E-state index in [2.05, 4.69) is 0 Å². The van der Waals surface area contributed by atoms with Crippen LogP contribution < -0.4 is 0 Å². The molecule has 0 radical (unpaired) electrons. The van der Waals surface area contributed by atoms with E-state index in [-0.39, 0.29) is 30.9 Å². The summed E-state index contributed by atoms with van der Waals surface area (Å²) >= 11 is 0. The minimum atomic E-state index is -0.453. The Morgan fingerprint density at radius 1 is 1.17 bits per heavy atom. The van der Waals surface area contributed by atoms with Gasteiger partial charge in [-0.15, -0.1) is 0 Å². The number of esters is 1. The van der Waals surface area contributed by atoms with Crippen LogP contribution in [0.3, 0.4) is 0 Å². The molecule has 0 aliphatic carbocycles. The van der Waals surface area contributed by atoms with Crippen molar-refractivity contribution in [1.29, 1.82) is 0 Å². The van der Waals surface area contributed by atoms with E-state index >= 15 is 0 Å². The van der Waals surface area contributed by atoms with E-state index in [0.29, 0.717) is 30.5 Å². The van der Waals surface area contributed by atoms with Crippen molar-refractivity contribution in [3.05, 3.63) is 35.4 Å². The lowest BCUT2D eigenvalue weighted by atomic mass is 9.98. The van der Waals surface area contributed by atoms with Crippen LogP contribution in [0, 0.1) is 5.92 Å². The van der Waals surface area contributed by atoms with Gasteiger partial charge in [-0.3, -0.25) is 24.1 Å². The number of nitrogens with zero attached hydrogens (tertiary/aromatic N) is 2. The zero-order valence-electron chi connectivity index (χ0n) is 13.4. The van der Waals surface area contributed by atoms with Gasteiger partial charge in [-0.25, -0.2) is 0 Å². The van der Waals surface area contributed by atoms with Gasteiger partial charge in [0.15, 0.2) is 0 Å². The van der Waals surface area contributed by atoms with Crippen LogP contribution in [0.15, 0.2) is 24.3 Å². The highest BCUT2D eigenvalue weighted by Crippen LogP contribution is 2.23. The monoisotopic (exact) mass is 330 g/mol. The van der Waals surface area contributed by atoms with Crippen LogP contribution in [0.4, 0.5) is 0 Å². The maximum absolute atomic E-state index is 12.5. The summed E-state index contributed by atoms with van der Waals surface area (Å²) in [5, 5.41) is 0. The Morgan fingerprint density at radius 3 is 2.38 bits per heavy atom. The van der Waals surface area contributed by atoms with Gasteiger partial charge in [-0.05, 0) is 25.0 Å². The zero-order chi connectivity index (χ0) is 17.3. The molecule has 7 nitrogen and oxygen atoms in total. The first-order chi connectivity index (χ1) is 11.5. The maximum Gasteiger partial charge on any atom is 0.310 e. The fraction of sp³-hybridized carbons (Fsp3) is 0.412. The number of piperidine rings is 1. The van der Waals surface area contributed by atoms with Gasteiger partial charge in [0.2, 0.25) is 5.91 Å². The fourth-order valence-electron chi connectivity index (χ4n) is 3.18. The molecule has 0 N–H and O–H groups in total. The Kier molecular flexibility index (Phi) is 4.33. The number of carbonyl (C=O) groups is 4. The zero-order valence-corrected chi connectivity index (χ0v) is 13.4. The molecule has 1 aromatic rings. The van der Waals surface area contributed by atoms with E-state index in [4.69, 9.17) is 4.74 Å². The predicted octanol–water partition coefficient (Wildman–Crippen LogP) is 0.694. The first kappa shape index (κ1) is 16.2. The van der Waals surface area contributed by atoms with Crippen LogP contribution in [0.25, 0.3) is 0 Å². The number of hydrogen-bond donors (Lipinski definition) is 0. The molecule has 2 aliphatic heterocycles. The quantitative estimate of drug-likeness (QED) is 0.601. The van der Waals surface area contributed by atoms with Crippen molar-refractivity contribution in [3.63, 3.8) is 0 Å². The maximum atomic E-state index is 12.5. The second-order valence-electron chi connectivity index (χ2n) is 5.94. The standard InChI is InChI=1S/C17H18N2O5/c1-24-17(23)11-5-4-8-18(9-11)14(20)10-19-15(21)12-6-2-3-7-13(12)16(19)22/h2-3,6-7,11H,4-5,8-10H2,1H3. The Morgan fingerprint density at radius 2 is 1.79 bits per heavy atom. The summed E-state index contributed by atoms with van der Waals surface area (Å²) < 4.78 is 4.73. The van der Waals surface area contributed by atoms with Crippen LogP contribution in [0.1, 0.15) is 33.6 Å². The number of imide groups is 1. The Balaban J connectivity index is 1.68. The predicted molar refractivity (Wildman–Crippen MR) is 83.1 cm³/mol. The highest BCUT2D eigenvalue weighted by Gasteiger charge is 2.38. The number of hydrogen-bond acceptors (Lipinski definition) is 5. The van der Waals surface area contributed by atoms with Gasteiger partial charge in [0, 0.05) is 13.1 Å². The molecule has 2 aliphatic rings. The number of rotatable bonds is 3. The highest BCUT2D eigenvalue weighted by atomic mass is 16.5. The first-order valence-corrected chi connectivity index (χ1v) is 7.83. The van der Waals surface area contributed by atoms with Crippen molar-refractivity contribution >= 4 is 23.7 Å². The molecule has 7 heteroatoms. The second-order valence-corrected chi connectivity index (χ2v) is 5.94. The summed E-state index contributed by atoms with van der Waals surface area (Å²) in [6, 6.07) is 6.52. The lowest BCUT2D eigenvalue weighted by Gasteiger charge is -2.32. The molecular formula is C17H18N2O5. The molecule has 0 bridgehead atoms. The molecule has 0 aromatic heterocycles. The third-order valence-electron chi connectivity index (χ3n) is 4.48. The molecule has 0 spiro atoms. The lowest BCUT2D eigenvalue weighted by molar-refractivity contribution is -0.149. The van der Waals surface area contributed by atoms with Gasteiger partial charge < -0.3 is 9.64 Å². The largest absolute Gasteiger partial charge is 0.469 e. The van der Waals surface area contributed by atoms with Gasteiger partial charge in [0.25, 0.3) is 11.8 Å². The Labute approximate surface area is 139 Å². The second kappa shape index (κ2) is 6.43. The molecule has 1 saturated heterocycles. The molecule has 0 saturated carbocycles. The van der Waals surface area contributed by atoms with E-state index < -0.39 is 11.8 Å². The van der Waals surface area contributed by atoms with Crippen molar-refractivity contribution in [3.8, 4) is 0 Å². The first-order valence-electron chi connectivity index (χ1n) is 7.83. The normalized spacial score (nSPS) is 20.1. The summed E-state index contributed by atoms with van der Waals surface area (Å²) in [6.07, 6.45) is 1.36. The number of likely N-dealkylation sites (tertiary alicyclic amines) is 1. The fourth-order valence-corrected chi connectivity index (χ4v) is 3.18. The third-order valence-corrected chi connectivity index (χ3v) is 4.48. The molecular weight excluding hydrogens is 312 g/mol. The van der Waals surface area contributed by atoms with Crippen molar-refractivity contribution in [1.82, 2.24) is 9.80 Å². The van der Waals surface area contributed by atoms with Crippen LogP contribution in [-0.2, 0) is 14.3 Å². The smallest absolute Gasteiger partial charge is 0.310 e. The number of amides is 3. The summed E-state index contributed by atoms with van der Waals surface area (Å²) in [7, 11) is 1.32. The Hall–Kier alpha value is -2.70. The van der Waals surface area contributed by atoms with E-state index in [1.54, 1.807) is 24.3 Å². The summed E-state index contributed by atoms with van der Waals surface area (Å²) in [5.41, 5.74) is 0.641. The van der Waals surface area contributed by atoms with Gasteiger partial charge >= 0.3 is 5.97 Å². The van der Waals surface area contributed by atoms with Crippen LogP contribution in [-0.4, -0.2) is 60.2 Å². The van der Waals surface area contributed by atoms with Crippen LogP contribution in [0.5, 0.6) is 0 Å². The van der Waals surface area contributed by atoms with Crippen molar-refractivity contribution in [2.75, 3.05) is 26.7 Å². The average Bonchev–Trinajstić information content (AvgIpc) is 2.86. The minimum Gasteiger partial charge on any atom is -0.469 e. The molecule has 2 heterocycles. The molecule has 1 aromatic carbocycles. The third kappa shape index (κ3) is 2.77. The molecule has 3 amide bonds. The molecule has 1 atom stereocenters. The number of carbonyl (C=O) groups excluding carboxylic acids is 4. The summed E-state index contributed by atoms with van der Waals surface area (Å²) in [6.45, 7) is 0.463. The van der Waals surface area contributed by atoms with Gasteiger partial charge in [-0.2, -0.15) is 0 Å². The van der Waals surface area contributed by atoms with Gasteiger partial charge in [0.05, 0.1) is 24.2 Å². The van der Waals surface area contributed by atoms with Crippen molar-refractivity contribution < 1.29 is 23.9 Å². The molecule has 1 unspecified atom stereocenters. The topological polar surface area (TPSA) is 84.0 Å². The SMILES string of the molecule is COC(=O)C1CCCN(C(=O)CN2C(=O)c3ccccc3C2=O)C1. The molecule has 3 rings (SSSR count). The van der Waals surface area contributed by atoms with Crippen molar-refractivity contribution in [2.45, 2.75) is 12.8 Å². The Bertz CT molecular complexity index is 680. The lowest BCUT2D eigenvalue weighted by Crippen LogP contribution is -2.47. The number of ether oxygens (including phenoxy) is 1. The number of fused-ring (bicyclic) bond motifs is 1. The minimum absolute atomic E-state index is 0.259. The van der Waals surface area contributed by atoms with Gasteiger partial charge in [-0.1, -0.05) is 12.1 Å². The van der Waals surface area contributed by atoms with Crippen LogP contribution in [0.2, 0.25) is 0 Å². The van der Waals surface area contributed by atoms with Crippen molar-refractivity contribution in [2.24, 2.45) is 5.92 Å². The number of benzene rings is 1. The number of methoxy groups -OCH3 is 1. The van der Waals surface area contributed by atoms with E-state index in [1.807, 2.05) is 0 Å². The van der Waals surface area contributed by atoms with Gasteiger partial charge in [0.1, 0.15) is 6.54 Å². The van der Waals surface area contributed by atoms with E-state index in [0.717, 1.165) is 4.90 Å². The average molecular weight is 330 g/mol. The molecule has 126 valence electrons.